The van der Waals surface area contributed by atoms with E-state index in [1.54, 1.807) is 6.92 Å². The Bertz CT molecular complexity index is 664. The van der Waals surface area contributed by atoms with E-state index in [0.29, 0.717) is 11.3 Å². The molecule has 1 aromatic carbocycles. The fourth-order valence-electron chi connectivity index (χ4n) is 1.85. The van der Waals surface area contributed by atoms with Gasteiger partial charge >= 0.3 is 0 Å². The second-order valence-corrected chi connectivity index (χ2v) is 4.76. The van der Waals surface area contributed by atoms with Crippen molar-refractivity contribution in [2.75, 3.05) is 6.61 Å². The number of benzene rings is 1. The Balaban J connectivity index is 1.71. The fraction of sp³-hybridized carbons (Fsp3) is 0.250. The largest absolute Gasteiger partial charge is 0.493 e. The fourth-order valence-corrected chi connectivity index (χ4v) is 1.85. The van der Waals surface area contributed by atoms with Crippen molar-refractivity contribution >= 4 is 11.8 Å². The van der Waals surface area contributed by atoms with Crippen LogP contribution in [0.5, 0.6) is 5.75 Å². The molecule has 2 N–H and O–H groups in total. The first kappa shape index (κ1) is 15.6. The van der Waals surface area contributed by atoms with Crippen molar-refractivity contribution in [3.05, 3.63) is 53.5 Å². The molecule has 0 radical (unpaired) electrons. The number of carbonyl (C=O) groups excluding carboxylic acids is 2. The third-order valence-electron chi connectivity index (χ3n) is 3.10. The zero-order valence-electron chi connectivity index (χ0n) is 12.5. The normalized spacial score (nSPS) is 10.1. The van der Waals surface area contributed by atoms with E-state index in [-0.39, 0.29) is 18.9 Å². The van der Waals surface area contributed by atoms with Crippen LogP contribution in [-0.2, 0) is 4.79 Å². The lowest BCUT2D eigenvalue weighted by atomic mass is 10.2. The highest BCUT2D eigenvalue weighted by atomic mass is 16.5. The average Bonchev–Trinajstić information content (AvgIpc) is 2.93. The lowest BCUT2D eigenvalue weighted by Gasteiger charge is -2.09. The molecule has 116 valence electrons. The molecule has 2 aromatic rings. The molecular formula is C16H18N2O4. The molecule has 0 spiro atoms. The van der Waals surface area contributed by atoms with Gasteiger partial charge in [-0.1, -0.05) is 18.2 Å². The molecule has 0 bridgehead atoms. The van der Waals surface area contributed by atoms with Gasteiger partial charge in [0.05, 0.1) is 24.9 Å². The highest BCUT2D eigenvalue weighted by molar-refractivity contribution is 5.96. The van der Waals surface area contributed by atoms with Crippen LogP contribution in [0.2, 0.25) is 0 Å². The van der Waals surface area contributed by atoms with Crippen LogP contribution in [-0.4, -0.2) is 18.4 Å². The Morgan fingerprint density at radius 1 is 1.14 bits per heavy atom. The van der Waals surface area contributed by atoms with E-state index >= 15 is 0 Å². The minimum atomic E-state index is -0.417. The number of aryl methyl sites for hydroxylation is 2. The molecule has 2 rings (SSSR count). The first-order chi connectivity index (χ1) is 10.6. The van der Waals surface area contributed by atoms with Crippen LogP contribution in [0.1, 0.15) is 28.1 Å². The third-order valence-corrected chi connectivity index (χ3v) is 3.10. The molecule has 22 heavy (non-hydrogen) atoms. The topological polar surface area (TPSA) is 80.6 Å². The van der Waals surface area contributed by atoms with Crippen LogP contribution in [0.25, 0.3) is 0 Å². The number of hydrogen-bond donors (Lipinski definition) is 2. The van der Waals surface area contributed by atoms with Crippen LogP contribution in [0.3, 0.4) is 0 Å². The molecule has 2 amide bonds. The molecule has 0 aliphatic carbocycles. The number of ether oxygens (including phenoxy) is 1. The monoisotopic (exact) mass is 302 g/mol. The van der Waals surface area contributed by atoms with Gasteiger partial charge in [-0.15, -0.1) is 0 Å². The zero-order chi connectivity index (χ0) is 15.9. The molecule has 0 saturated heterocycles. The molecule has 1 heterocycles. The number of amides is 2. The Kier molecular flexibility index (Phi) is 5.19. The van der Waals surface area contributed by atoms with Gasteiger partial charge in [-0.3, -0.25) is 20.4 Å². The summed E-state index contributed by atoms with van der Waals surface area (Å²) in [5.74, 6) is 0.491. The van der Waals surface area contributed by atoms with Crippen molar-refractivity contribution in [1.82, 2.24) is 10.9 Å². The van der Waals surface area contributed by atoms with Crippen molar-refractivity contribution < 1.29 is 18.7 Å². The SMILES string of the molecule is Cc1ccccc1OCCC(=O)NNC(=O)c1ccoc1C. The van der Waals surface area contributed by atoms with E-state index in [4.69, 9.17) is 9.15 Å². The number of hydrazine groups is 1. The second-order valence-electron chi connectivity index (χ2n) is 4.76. The minimum Gasteiger partial charge on any atom is -0.493 e. The maximum Gasteiger partial charge on any atom is 0.273 e. The minimum absolute atomic E-state index is 0.138. The highest BCUT2D eigenvalue weighted by Gasteiger charge is 2.12. The van der Waals surface area contributed by atoms with Crippen molar-refractivity contribution in [2.24, 2.45) is 0 Å². The molecule has 0 saturated carbocycles. The number of rotatable bonds is 5. The molecule has 6 nitrogen and oxygen atoms in total. The highest BCUT2D eigenvalue weighted by Crippen LogP contribution is 2.16. The molecule has 0 atom stereocenters. The van der Waals surface area contributed by atoms with Crippen LogP contribution in [0, 0.1) is 13.8 Å². The van der Waals surface area contributed by atoms with Gasteiger partial charge < -0.3 is 9.15 Å². The lowest BCUT2D eigenvalue weighted by Crippen LogP contribution is -2.42. The van der Waals surface area contributed by atoms with Crippen molar-refractivity contribution in [2.45, 2.75) is 20.3 Å². The van der Waals surface area contributed by atoms with E-state index in [9.17, 15) is 9.59 Å². The standard InChI is InChI=1S/C16H18N2O4/c1-11-5-3-4-6-14(11)22-10-8-15(19)17-18-16(20)13-7-9-21-12(13)2/h3-7,9H,8,10H2,1-2H3,(H,17,19)(H,18,20). The van der Waals surface area contributed by atoms with Gasteiger partial charge in [0.25, 0.3) is 5.91 Å². The molecule has 0 unspecified atom stereocenters. The number of para-hydroxylation sites is 1. The van der Waals surface area contributed by atoms with Gasteiger partial charge in [-0.25, -0.2) is 0 Å². The molecule has 0 aliphatic rings. The number of hydrogen-bond acceptors (Lipinski definition) is 4. The summed E-state index contributed by atoms with van der Waals surface area (Å²) in [4.78, 5) is 23.4. The number of nitrogens with one attached hydrogen (secondary N) is 2. The van der Waals surface area contributed by atoms with Gasteiger partial charge in [0.15, 0.2) is 0 Å². The molecule has 6 heteroatoms. The van der Waals surface area contributed by atoms with E-state index in [1.807, 2.05) is 31.2 Å². The Labute approximate surface area is 128 Å². The first-order valence-electron chi connectivity index (χ1n) is 6.89. The molecule has 0 fully saturated rings. The van der Waals surface area contributed by atoms with Crippen molar-refractivity contribution in [3.8, 4) is 5.75 Å². The first-order valence-corrected chi connectivity index (χ1v) is 6.89. The maximum atomic E-state index is 11.8. The lowest BCUT2D eigenvalue weighted by molar-refractivity contribution is -0.122. The Morgan fingerprint density at radius 2 is 1.91 bits per heavy atom. The predicted molar refractivity (Wildman–Crippen MR) is 80.3 cm³/mol. The van der Waals surface area contributed by atoms with Crippen LogP contribution in [0.15, 0.2) is 41.0 Å². The molecule has 0 aliphatic heterocycles. The predicted octanol–water partition coefficient (Wildman–Crippen LogP) is 2.13. The van der Waals surface area contributed by atoms with Gasteiger partial charge in [0, 0.05) is 0 Å². The summed E-state index contributed by atoms with van der Waals surface area (Å²) < 4.78 is 10.5. The summed E-state index contributed by atoms with van der Waals surface area (Å²) in [6, 6.07) is 9.11. The summed E-state index contributed by atoms with van der Waals surface area (Å²) in [6.45, 7) is 3.84. The van der Waals surface area contributed by atoms with Gasteiger partial charge in [0.1, 0.15) is 11.5 Å². The maximum absolute atomic E-state index is 11.8. The number of furan rings is 1. The number of carbonyl (C=O) groups is 2. The van der Waals surface area contributed by atoms with E-state index < -0.39 is 5.91 Å². The van der Waals surface area contributed by atoms with Crippen LogP contribution < -0.4 is 15.6 Å². The van der Waals surface area contributed by atoms with Gasteiger partial charge in [-0.05, 0) is 31.5 Å². The second kappa shape index (κ2) is 7.31. The summed E-state index contributed by atoms with van der Waals surface area (Å²) in [7, 11) is 0. The van der Waals surface area contributed by atoms with Crippen LogP contribution >= 0.6 is 0 Å². The smallest absolute Gasteiger partial charge is 0.273 e. The Morgan fingerprint density at radius 3 is 2.59 bits per heavy atom. The zero-order valence-corrected chi connectivity index (χ0v) is 12.5. The van der Waals surface area contributed by atoms with E-state index in [2.05, 4.69) is 10.9 Å². The van der Waals surface area contributed by atoms with Crippen molar-refractivity contribution in [3.63, 3.8) is 0 Å². The third kappa shape index (κ3) is 4.12. The van der Waals surface area contributed by atoms with Crippen LogP contribution in [0.4, 0.5) is 0 Å². The summed E-state index contributed by atoms with van der Waals surface area (Å²) in [6.07, 6.45) is 1.56. The van der Waals surface area contributed by atoms with E-state index in [1.165, 1.54) is 12.3 Å². The average molecular weight is 302 g/mol. The summed E-state index contributed by atoms with van der Waals surface area (Å²) in [5, 5.41) is 0. The van der Waals surface area contributed by atoms with E-state index in [0.717, 1.165) is 11.3 Å². The van der Waals surface area contributed by atoms with Crippen molar-refractivity contribution in [1.29, 1.82) is 0 Å². The molecule has 1 aromatic heterocycles. The quantitative estimate of drug-likeness (QED) is 0.829. The Hall–Kier alpha value is -2.76. The van der Waals surface area contributed by atoms with Gasteiger partial charge in [-0.2, -0.15) is 0 Å². The molecular weight excluding hydrogens is 284 g/mol. The summed E-state index contributed by atoms with van der Waals surface area (Å²) in [5.41, 5.74) is 6.06. The summed E-state index contributed by atoms with van der Waals surface area (Å²) >= 11 is 0. The van der Waals surface area contributed by atoms with Gasteiger partial charge in [0.2, 0.25) is 5.91 Å².